The van der Waals surface area contributed by atoms with E-state index in [1.165, 1.54) is 11.1 Å². The summed E-state index contributed by atoms with van der Waals surface area (Å²) in [6, 6.07) is 29.0. The lowest BCUT2D eigenvalue weighted by Gasteiger charge is -2.39. The van der Waals surface area contributed by atoms with E-state index in [1.807, 2.05) is 36.4 Å². The molecule has 0 radical (unpaired) electrons. The van der Waals surface area contributed by atoms with Gasteiger partial charge in [-0.05, 0) is 35.1 Å². The molecule has 3 aromatic rings. The summed E-state index contributed by atoms with van der Waals surface area (Å²) < 4.78 is 0. The molecule has 3 aromatic carbocycles. The van der Waals surface area contributed by atoms with Crippen molar-refractivity contribution in [3.05, 3.63) is 107 Å². The fourth-order valence-corrected chi connectivity index (χ4v) is 4.60. The molecule has 0 aliphatic heterocycles. The van der Waals surface area contributed by atoms with E-state index in [0.717, 1.165) is 24.0 Å². The molecule has 130 valence electrons. The minimum atomic E-state index is -0.732. The quantitative estimate of drug-likeness (QED) is 0.746. The number of aryl methyl sites for hydroxylation is 1. The van der Waals surface area contributed by atoms with Crippen LogP contribution in [0.4, 0.5) is 0 Å². The summed E-state index contributed by atoms with van der Waals surface area (Å²) in [5, 5.41) is 2.97. The minimum absolute atomic E-state index is 0.0524. The summed E-state index contributed by atoms with van der Waals surface area (Å²) in [6.07, 6.45) is 1.98. The van der Waals surface area contributed by atoms with E-state index >= 15 is 0 Å². The van der Waals surface area contributed by atoms with Crippen molar-refractivity contribution in [2.45, 2.75) is 24.2 Å². The Hall–Kier alpha value is -2.87. The van der Waals surface area contributed by atoms with Crippen molar-refractivity contribution in [3.63, 3.8) is 0 Å². The van der Waals surface area contributed by atoms with E-state index in [2.05, 4.69) is 53.8 Å². The van der Waals surface area contributed by atoms with Crippen LogP contribution in [-0.4, -0.2) is 13.0 Å². The Balaban J connectivity index is 2.02. The third-order valence-electron chi connectivity index (χ3n) is 5.70. The number of benzene rings is 3. The Labute approximate surface area is 154 Å². The van der Waals surface area contributed by atoms with Gasteiger partial charge in [-0.15, -0.1) is 0 Å². The van der Waals surface area contributed by atoms with Gasteiger partial charge in [0.1, 0.15) is 5.41 Å². The molecule has 0 heterocycles. The zero-order chi connectivity index (χ0) is 18.0. The fraction of sp³-hybridized carbons (Fsp3) is 0.208. The molecule has 1 amide bonds. The van der Waals surface area contributed by atoms with Gasteiger partial charge in [0.2, 0.25) is 5.91 Å². The summed E-state index contributed by atoms with van der Waals surface area (Å²) >= 11 is 0. The molecule has 0 bridgehead atoms. The number of fused-ring (bicyclic) bond motifs is 1. The van der Waals surface area contributed by atoms with Gasteiger partial charge < -0.3 is 5.32 Å². The van der Waals surface area contributed by atoms with Crippen LogP contribution in [0, 0.1) is 0 Å². The predicted molar refractivity (Wildman–Crippen MR) is 105 cm³/mol. The van der Waals surface area contributed by atoms with Crippen LogP contribution in [0.2, 0.25) is 0 Å². The number of hydrogen-bond donors (Lipinski definition) is 1. The van der Waals surface area contributed by atoms with E-state index in [4.69, 9.17) is 0 Å². The lowest BCUT2D eigenvalue weighted by atomic mass is 9.63. The van der Waals surface area contributed by atoms with Crippen molar-refractivity contribution in [2.75, 3.05) is 7.05 Å². The summed E-state index contributed by atoms with van der Waals surface area (Å²) in [5.41, 5.74) is 4.02. The first-order valence-corrected chi connectivity index (χ1v) is 9.19. The Kier molecular flexibility index (Phi) is 4.34. The molecule has 1 aliphatic carbocycles. The van der Waals surface area contributed by atoms with E-state index < -0.39 is 5.41 Å². The molecular weight excluding hydrogens is 318 g/mol. The molecule has 0 saturated carbocycles. The lowest BCUT2D eigenvalue weighted by Crippen LogP contribution is -2.48. The Morgan fingerprint density at radius 2 is 1.38 bits per heavy atom. The maximum absolute atomic E-state index is 13.5. The van der Waals surface area contributed by atoms with Crippen LogP contribution in [0.3, 0.4) is 0 Å². The van der Waals surface area contributed by atoms with Crippen molar-refractivity contribution >= 4 is 5.91 Å². The number of likely N-dealkylation sites (N-methyl/N-ethyl adjacent to an activating group) is 1. The van der Waals surface area contributed by atoms with E-state index in [1.54, 1.807) is 7.05 Å². The molecule has 0 spiro atoms. The van der Waals surface area contributed by atoms with E-state index in [0.29, 0.717) is 0 Å². The fourth-order valence-electron chi connectivity index (χ4n) is 4.60. The summed E-state index contributed by atoms with van der Waals surface area (Å²) in [7, 11) is 1.74. The molecule has 26 heavy (non-hydrogen) atoms. The van der Waals surface area contributed by atoms with Gasteiger partial charge in [-0.1, -0.05) is 84.9 Å². The van der Waals surface area contributed by atoms with Crippen LogP contribution >= 0.6 is 0 Å². The average molecular weight is 341 g/mol. The second-order valence-electron chi connectivity index (χ2n) is 6.91. The van der Waals surface area contributed by atoms with Gasteiger partial charge in [0, 0.05) is 13.0 Å². The third kappa shape index (κ3) is 2.45. The Morgan fingerprint density at radius 3 is 1.96 bits per heavy atom. The number of carbonyl (C=O) groups excluding carboxylic acids is 1. The molecule has 0 fully saturated rings. The number of hydrogen-bond acceptors (Lipinski definition) is 1. The SMILES string of the molecule is CNC(=O)C(c1ccccc1)(c1ccccc1)C1CCc2ccccc21. The van der Waals surface area contributed by atoms with Gasteiger partial charge in [-0.2, -0.15) is 0 Å². The zero-order valence-electron chi connectivity index (χ0n) is 15.0. The molecule has 1 atom stereocenters. The van der Waals surface area contributed by atoms with E-state index in [-0.39, 0.29) is 11.8 Å². The summed E-state index contributed by atoms with van der Waals surface area (Å²) in [6.45, 7) is 0. The third-order valence-corrected chi connectivity index (χ3v) is 5.70. The average Bonchev–Trinajstić information content (AvgIpc) is 3.15. The highest BCUT2D eigenvalue weighted by molar-refractivity contribution is 5.93. The highest BCUT2D eigenvalue weighted by Gasteiger charge is 2.50. The zero-order valence-corrected chi connectivity index (χ0v) is 15.0. The first kappa shape index (κ1) is 16.6. The normalized spacial score (nSPS) is 16.1. The molecule has 0 saturated heterocycles. The summed E-state index contributed by atoms with van der Waals surface area (Å²) in [4.78, 5) is 13.5. The maximum Gasteiger partial charge on any atom is 0.235 e. The van der Waals surface area contributed by atoms with Crippen molar-refractivity contribution in [1.82, 2.24) is 5.32 Å². The van der Waals surface area contributed by atoms with Gasteiger partial charge in [-0.25, -0.2) is 0 Å². The van der Waals surface area contributed by atoms with Gasteiger partial charge in [0.05, 0.1) is 0 Å². The van der Waals surface area contributed by atoms with Crippen molar-refractivity contribution in [3.8, 4) is 0 Å². The molecule has 1 N–H and O–H groups in total. The topological polar surface area (TPSA) is 29.1 Å². The Bertz CT molecular complexity index is 862. The second-order valence-corrected chi connectivity index (χ2v) is 6.91. The van der Waals surface area contributed by atoms with Crippen molar-refractivity contribution < 1.29 is 4.79 Å². The van der Waals surface area contributed by atoms with Gasteiger partial charge in [0.25, 0.3) is 0 Å². The molecule has 0 aromatic heterocycles. The first-order valence-electron chi connectivity index (χ1n) is 9.19. The Morgan fingerprint density at radius 1 is 0.846 bits per heavy atom. The number of nitrogens with one attached hydrogen (secondary N) is 1. The minimum Gasteiger partial charge on any atom is -0.358 e. The van der Waals surface area contributed by atoms with Gasteiger partial charge >= 0.3 is 0 Å². The number of rotatable bonds is 4. The van der Waals surface area contributed by atoms with Gasteiger partial charge in [0.15, 0.2) is 0 Å². The predicted octanol–water partition coefficient (Wildman–Crippen LogP) is 4.45. The highest BCUT2D eigenvalue weighted by atomic mass is 16.2. The molecule has 1 unspecified atom stereocenters. The molecule has 2 nitrogen and oxygen atoms in total. The van der Waals surface area contributed by atoms with Crippen LogP contribution in [0.5, 0.6) is 0 Å². The smallest absolute Gasteiger partial charge is 0.235 e. The molecule has 2 heteroatoms. The monoisotopic (exact) mass is 341 g/mol. The molecule has 1 aliphatic rings. The molecular formula is C24H23NO. The highest BCUT2D eigenvalue weighted by Crippen LogP contribution is 2.51. The largest absolute Gasteiger partial charge is 0.358 e. The van der Waals surface area contributed by atoms with Crippen LogP contribution in [-0.2, 0) is 16.6 Å². The van der Waals surface area contributed by atoms with Gasteiger partial charge in [-0.3, -0.25) is 4.79 Å². The number of carbonyl (C=O) groups is 1. The molecule has 4 rings (SSSR count). The lowest BCUT2D eigenvalue weighted by molar-refractivity contribution is -0.125. The van der Waals surface area contributed by atoms with Crippen LogP contribution in [0.15, 0.2) is 84.9 Å². The first-order chi connectivity index (χ1) is 12.8. The van der Waals surface area contributed by atoms with Crippen molar-refractivity contribution in [1.29, 1.82) is 0 Å². The van der Waals surface area contributed by atoms with Crippen LogP contribution in [0.1, 0.15) is 34.6 Å². The maximum atomic E-state index is 13.5. The van der Waals surface area contributed by atoms with Crippen molar-refractivity contribution in [2.24, 2.45) is 0 Å². The van der Waals surface area contributed by atoms with E-state index in [9.17, 15) is 4.79 Å². The standard InChI is InChI=1S/C24H23NO/c1-25-23(26)24(19-11-4-2-5-12-19,20-13-6-3-7-14-20)22-17-16-18-10-8-9-15-21(18)22/h2-15,22H,16-17H2,1H3,(H,25,26). The number of amides is 1. The van der Waals surface area contributed by atoms with Crippen LogP contribution in [0.25, 0.3) is 0 Å². The van der Waals surface area contributed by atoms with Crippen LogP contribution < -0.4 is 5.32 Å². The second kappa shape index (κ2) is 6.80. The summed E-state index contributed by atoms with van der Waals surface area (Å²) in [5.74, 6) is 0.167.